The van der Waals surface area contributed by atoms with Crippen molar-refractivity contribution in [3.05, 3.63) is 78.5 Å². The standard InChI is InChI=1S/C22H24N4O2/c27-22(24-18-10-4-5-11-20(18)26-13-6-7-14-26)25-19(21-23-12-15-28-21)16-17-8-2-1-3-9-17/h1-5,8-12,15,19H,6-7,13-14,16H2,(H2,24,25,27). The molecule has 1 atom stereocenters. The highest BCUT2D eigenvalue weighted by Crippen LogP contribution is 2.28. The van der Waals surface area contributed by atoms with Gasteiger partial charge in [-0.15, -0.1) is 0 Å². The zero-order chi connectivity index (χ0) is 19.2. The Kier molecular flexibility index (Phi) is 5.56. The Bertz CT molecular complexity index is 890. The summed E-state index contributed by atoms with van der Waals surface area (Å²) in [5.74, 6) is 0.492. The number of rotatable bonds is 6. The van der Waals surface area contributed by atoms with Crippen LogP contribution in [0.4, 0.5) is 16.2 Å². The maximum Gasteiger partial charge on any atom is 0.319 e. The van der Waals surface area contributed by atoms with Crippen molar-refractivity contribution >= 4 is 17.4 Å². The number of hydrogen-bond donors (Lipinski definition) is 2. The first-order valence-corrected chi connectivity index (χ1v) is 9.64. The molecule has 4 rings (SSSR count). The van der Waals surface area contributed by atoms with Gasteiger partial charge in [-0.3, -0.25) is 0 Å². The van der Waals surface area contributed by atoms with Crippen molar-refractivity contribution in [3.63, 3.8) is 0 Å². The quantitative estimate of drug-likeness (QED) is 0.670. The topological polar surface area (TPSA) is 70.4 Å². The van der Waals surface area contributed by atoms with Gasteiger partial charge in [-0.25, -0.2) is 9.78 Å². The highest BCUT2D eigenvalue weighted by atomic mass is 16.3. The highest BCUT2D eigenvalue weighted by molar-refractivity contribution is 5.93. The van der Waals surface area contributed by atoms with Crippen LogP contribution in [0.3, 0.4) is 0 Å². The fourth-order valence-electron chi connectivity index (χ4n) is 3.59. The van der Waals surface area contributed by atoms with Gasteiger partial charge in [-0.05, 0) is 30.5 Å². The Balaban J connectivity index is 1.48. The monoisotopic (exact) mass is 376 g/mol. The third-order valence-electron chi connectivity index (χ3n) is 4.94. The van der Waals surface area contributed by atoms with Crippen LogP contribution in [-0.2, 0) is 6.42 Å². The van der Waals surface area contributed by atoms with Crippen molar-refractivity contribution in [2.45, 2.75) is 25.3 Å². The fourth-order valence-corrected chi connectivity index (χ4v) is 3.59. The number of nitrogens with one attached hydrogen (secondary N) is 2. The van der Waals surface area contributed by atoms with Crippen LogP contribution in [0, 0.1) is 0 Å². The number of oxazole rings is 1. The minimum atomic E-state index is -0.351. The summed E-state index contributed by atoms with van der Waals surface area (Å²) >= 11 is 0. The predicted octanol–water partition coefficient (Wildman–Crippen LogP) is 4.38. The third-order valence-corrected chi connectivity index (χ3v) is 4.94. The molecule has 0 aliphatic carbocycles. The number of anilines is 2. The number of amides is 2. The second-order valence-electron chi connectivity index (χ2n) is 6.92. The summed E-state index contributed by atoms with van der Waals surface area (Å²) in [5.41, 5.74) is 2.97. The zero-order valence-electron chi connectivity index (χ0n) is 15.7. The van der Waals surface area contributed by atoms with Gasteiger partial charge in [0.2, 0.25) is 5.89 Å². The van der Waals surface area contributed by atoms with Gasteiger partial charge in [-0.2, -0.15) is 0 Å². The Hall–Kier alpha value is -3.28. The van der Waals surface area contributed by atoms with E-state index in [2.05, 4.69) is 26.6 Å². The van der Waals surface area contributed by atoms with E-state index in [0.29, 0.717) is 12.3 Å². The second-order valence-corrected chi connectivity index (χ2v) is 6.92. The lowest BCUT2D eigenvalue weighted by Gasteiger charge is -2.22. The fraction of sp³-hybridized carbons (Fsp3) is 0.273. The summed E-state index contributed by atoms with van der Waals surface area (Å²) in [6, 6.07) is 17.3. The summed E-state index contributed by atoms with van der Waals surface area (Å²) < 4.78 is 5.46. The van der Waals surface area contributed by atoms with E-state index in [1.54, 1.807) is 6.20 Å². The molecular weight excluding hydrogens is 352 g/mol. The molecule has 1 fully saturated rings. The first-order valence-electron chi connectivity index (χ1n) is 9.64. The molecule has 6 heteroatoms. The normalized spacial score (nSPS) is 14.6. The smallest absolute Gasteiger partial charge is 0.319 e. The summed E-state index contributed by atoms with van der Waals surface area (Å²) in [5, 5.41) is 6.01. The molecule has 0 bridgehead atoms. The van der Waals surface area contributed by atoms with E-state index >= 15 is 0 Å². The average molecular weight is 376 g/mol. The first kappa shape index (κ1) is 18.1. The molecule has 2 N–H and O–H groups in total. The Labute approximate surface area is 164 Å². The molecule has 0 spiro atoms. The van der Waals surface area contributed by atoms with E-state index in [1.165, 1.54) is 19.1 Å². The Morgan fingerprint density at radius 2 is 1.82 bits per heavy atom. The minimum absolute atomic E-state index is 0.272. The number of carbonyl (C=O) groups excluding carboxylic acids is 1. The highest BCUT2D eigenvalue weighted by Gasteiger charge is 2.21. The van der Waals surface area contributed by atoms with E-state index in [-0.39, 0.29) is 12.1 Å². The maximum atomic E-state index is 12.8. The van der Waals surface area contributed by atoms with Crippen molar-refractivity contribution in [1.29, 1.82) is 0 Å². The number of para-hydroxylation sites is 2. The van der Waals surface area contributed by atoms with Crippen LogP contribution in [-0.4, -0.2) is 24.1 Å². The Morgan fingerprint density at radius 3 is 2.57 bits per heavy atom. The molecule has 1 saturated heterocycles. The van der Waals surface area contributed by atoms with Gasteiger partial charge in [0.25, 0.3) is 0 Å². The molecule has 1 aliphatic rings. The molecule has 1 aliphatic heterocycles. The molecule has 0 saturated carbocycles. The molecule has 1 aromatic heterocycles. The number of benzene rings is 2. The van der Waals surface area contributed by atoms with E-state index in [4.69, 9.17) is 4.42 Å². The molecule has 3 aromatic rings. The molecule has 2 amide bonds. The van der Waals surface area contributed by atoms with Crippen molar-refractivity contribution in [2.75, 3.05) is 23.3 Å². The lowest BCUT2D eigenvalue weighted by atomic mass is 10.1. The molecular formula is C22H24N4O2. The summed E-state index contributed by atoms with van der Waals surface area (Å²) in [6.45, 7) is 2.04. The SMILES string of the molecule is O=C(Nc1ccccc1N1CCCC1)NC(Cc1ccccc1)c1ncco1. The lowest BCUT2D eigenvalue weighted by Crippen LogP contribution is -2.34. The largest absolute Gasteiger partial charge is 0.447 e. The van der Waals surface area contributed by atoms with Crippen molar-refractivity contribution in [3.8, 4) is 0 Å². The van der Waals surface area contributed by atoms with Gasteiger partial charge in [0.15, 0.2) is 0 Å². The zero-order valence-corrected chi connectivity index (χ0v) is 15.7. The maximum absolute atomic E-state index is 12.8. The molecule has 28 heavy (non-hydrogen) atoms. The van der Waals surface area contributed by atoms with Gasteiger partial charge < -0.3 is 20.0 Å². The molecule has 2 heterocycles. The van der Waals surface area contributed by atoms with E-state index < -0.39 is 0 Å². The van der Waals surface area contributed by atoms with Crippen LogP contribution < -0.4 is 15.5 Å². The van der Waals surface area contributed by atoms with Gasteiger partial charge in [0, 0.05) is 19.5 Å². The molecule has 2 aromatic carbocycles. The number of nitrogens with zero attached hydrogens (tertiary/aromatic N) is 2. The number of urea groups is 1. The molecule has 0 radical (unpaired) electrons. The van der Waals surface area contributed by atoms with Crippen molar-refractivity contribution < 1.29 is 9.21 Å². The van der Waals surface area contributed by atoms with Crippen LogP contribution >= 0.6 is 0 Å². The molecule has 6 nitrogen and oxygen atoms in total. The summed E-state index contributed by atoms with van der Waals surface area (Å²) in [4.78, 5) is 19.3. The lowest BCUT2D eigenvalue weighted by molar-refractivity contribution is 0.245. The van der Waals surface area contributed by atoms with Gasteiger partial charge in [0.05, 0.1) is 17.6 Å². The average Bonchev–Trinajstić information content (AvgIpc) is 3.43. The second kappa shape index (κ2) is 8.61. The summed E-state index contributed by atoms with van der Waals surface area (Å²) in [6.07, 6.45) is 6.08. The number of carbonyl (C=O) groups is 1. The van der Waals surface area contributed by atoms with Gasteiger partial charge in [-0.1, -0.05) is 42.5 Å². The van der Waals surface area contributed by atoms with Gasteiger partial charge in [0.1, 0.15) is 12.3 Å². The third kappa shape index (κ3) is 4.34. The van der Waals surface area contributed by atoms with Crippen molar-refractivity contribution in [1.82, 2.24) is 10.3 Å². The molecule has 144 valence electrons. The van der Waals surface area contributed by atoms with Crippen molar-refractivity contribution in [2.24, 2.45) is 0 Å². The van der Waals surface area contributed by atoms with E-state index in [9.17, 15) is 4.79 Å². The summed E-state index contributed by atoms with van der Waals surface area (Å²) in [7, 11) is 0. The van der Waals surface area contributed by atoms with Crippen LogP contribution in [0.25, 0.3) is 0 Å². The minimum Gasteiger partial charge on any atom is -0.447 e. The van der Waals surface area contributed by atoms with Crippen LogP contribution in [0.5, 0.6) is 0 Å². The van der Waals surface area contributed by atoms with E-state index in [0.717, 1.165) is 30.0 Å². The number of aromatic nitrogens is 1. The van der Waals surface area contributed by atoms with Crippen LogP contribution in [0.1, 0.15) is 30.3 Å². The number of hydrogen-bond acceptors (Lipinski definition) is 4. The Morgan fingerprint density at radius 1 is 1.07 bits per heavy atom. The molecule has 1 unspecified atom stereocenters. The van der Waals surface area contributed by atoms with Gasteiger partial charge >= 0.3 is 6.03 Å². The predicted molar refractivity (Wildman–Crippen MR) is 109 cm³/mol. The van der Waals surface area contributed by atoms with E-state index in [1.807, 2.05) is 48.5 Å². The first-order chi connectivity index (χ1) is 13.8. The van der Waals surface area contributed by atoms with Crippen LogP contribution in [0.2, 0.25) is 0 Å². The van der Waals surface area contributed by atoms with Crippen LogP contribution in [0.15, 0.2) is 71.5 Å².